The molecule has 0 aliphatic carbocycles. The Hall–Kier alpha value is -0.603. The molecule has 1 fully saturated rings. The average Bonchev–Trinajstić information content (AvgIpc) is 2.66. The first-order chi connectivity index (χ1) is 7.12. The van der Waals surface area contributed by atoms with Crippen molar-refractivity contribution in [2.24, 2.45) is 0 Å². The third-order valence-electron chi connectivity index (χ3n) is 3.82. The highest BCUT2D eigenvalue weighted by Gasteiger charge is 2.40. The van der Waals surface area contributed by atoms with Crippen molar-refractivity contribution in [3.63, 3.8) is 0 Å². The van der Waals surface area contributed by atoms with Crippen molar-refractivity contribution in [2.45, 2.75) is 38.1 Å². The van der Waals surface area contributed by atoms with Crippen molar-refractivity contribution in [1.82, 2.24) is 0 Å². The Kier molecular flexibility index (Phi) is 2.98. The number of rotatable bonds is 2. The fraction of sp³-hybridized carbons (Fsp3) is 0.538. The zero-order chi connectivity index (χ0) is 10.9. The summed E-state index contributed by atoms with van der Waals surface area (Å²) in [5.74, 6) is 0. The van der Waals surface area contributed by atoms with E-state index in [0.717, 1.165) is 12.1 Å². The van der Waals surface area contributed by atoms with E-state index in [-0.39, 0.29) is 0 Å². The van der Waals surface area contributed by atoms with Crippen LogP contribution < -0.4 is 5.19 Å². The van der Waals surface area contributed by atoms with Gasteiger partial charge in [-0.05, 0) is 18.9 Å². The molecule has 2 heteroatoms. The molecule has 0 aromatic heterocycles. The summed E-state index contributed by atoms with van der Waals surface area (Å²) in [5, 5.41) is 1.56. The van der Waals surface area contributed by atoms with Gasteiger partial charge in [0.05, 0.1) is 14.2 Å². The molecular formula is C13H20OSi. The predicted octanol–water partition coefficient (Wildman–Crippen LogP) is 2.78. The second-order valence-corrected chi connectivity index (χ2v) is 9.82. The molecule has 0 bridgehead atoms. The third kappa shape index (κ3) is 2.01. The van der Waals surface area contributed by atoms with Crippen LogP contribution in [0.15, 0.2) is 30.3 Å². The third-order valence-corrected chi connectivity index (χ3v) is 8.25. The van der Waals surface area contributed by atoms with Crippen LogP contribution in [-0.2, 0) is 4.74 Å². The van der Waals surface area contributed by atoms with Crippen molar-refractivity contribution >= 4 is 13.3 Å². The maximum atomic E-state index is 5.71. The summed E-state index contributed by atoms with van der Waals surface area (Å²) in [6.45, 7) is 8.13. The highest BCUT2D eigenvalue weighted by Crippen LogP contribution is 2.35. The lowest BCUT2D eigenvalue weighted by molar-refractivity contribution is 0.125. The molecule has 2 atom stereocenters. The lowest BCUT2D eigenvalue weighted by atomic mass is 10.2. The van der Waals surface area contributed by atoms with Crippen LogP contribution in [0.3, 0.4) is 0 Å². The summed E-state index contributed by atoms with van der Waals surface area (Å²) in [6, 6.07) is 11.0. The second kappa shape index (κ2) is 4.10. The maximum Gasteiger partial charge on any atom is 0.0863 e. The normalized spacial score (nSPS) is 26.9. The van der Waals surface area contributed by atoms with Crippen LogP contribution in [0.5, 0.6) is 0 Å². The molecule has 1 aromatic rings. The average molecular weight is 220 g/mol. The maximum absolute atomic E-state index is 5.71. The van der Waals surface area contributed by atoms with E-state index in [1.807, 2.05) is 0 Å². The number of hydrogen-bond acceptors (Lipinski definition) is 1. The van der Waals surface area contributed by atoms with Gasteiger partial charge in [0.2, 0.25) is 0 Å². The van der Waals surface area contributed by atoms with Crippen LogP contribution in [-0.4, -0.2) is 20.8 Å². The standard InChI is InChI=1S/C13H20OSi/c1-11-13(9-10-14-11)15(2,3)12-7-5-4-6-8-12/h4-8,11,13H,9-10H2,1-3H3/t11-,13+/m1/s1. The van der Waals surface area contributed by atoms with Crippen molar-refractivity contribution in [1.29, 1.82) is 0 Å². The van der Waals surface area contributed by atoms with Gasteiger partial charge < -0.3 is 4.74 Å². The van der Waals surface area contributed by atoms with E-state index in [1.54, 1.807) is 5.19 Å². The minimum Gasteiger partial charge on any atom is -0.379 e. The van der Waals surface area contributed by atoms with E-state index in [9.17, 15) is 0 Å². The Morgan fingerprint density at radius 2 is 1.87 bits per heavy atom. The lowest BCUT2D eigenvalue weighted by Crippen LogP contribution is -2.47. The first kappa shape index (κ1) is 10.9. The van der Waals surface area contributed by atoms with Crippen LogP contribution in [0.2, 0.25) is 18.6 Å². The molecule has 1 heterocycles. The molecule has 0 unspecified atom stereocenters. The van der Waals surface area contributed by atoms with Crippen LogP contribution in [0.4, 0.5) is 0 Å². The molecule has 1 aromatic carbocycles. The van der Waals surface area contributed by atoms with Crippen LogP contribution in [0.25, 0.3) is 0 Å². The molecule has 1 nitrogen and oxygen atoms in total. The van der Waals surface area contributed by atoms with Crippen LogP contribution in [0, 0.1) is 0 Å². The SMILES string of the molecule is C[C@H]1OCC[C@@H]1[Si](C)(C)c1ccccc1. The first-order valence-corrected chi connectivity index (χ1v) is 8.87. The molecule has 82 valence electrons. The van der Waals surface area contributed by atoms with Crippen LogP contribution >= 0.6 is 0 Å². The summed E-state index contributed by atoms with van der Waals surface area (Å²) >= 11 is 0. The van der Waals surface area contributed by atoms with Crippen LogP contribution in [0.1, 0.15) is 13.3 Å². The minimum absolute atomic E-state index is 0.451. The Morgan fingerprint density at radius 1 is 1.20 bits per heavy atom. The molecule has 0 amide bonds. The number of ether oxygens (including phenoxy) is 1. The highest BCUT2D eigenvalue weighted by molar-refractivity contribution is 6.91. The molecule has 0 saturated carbocycles. The van der Waals surface area contributed by atoms with Gasteiger partial charge in [-0.15, -0.1) is 0 Å². The Balaban J connectivity index is 2.26. The molecule has 2 rings (SSSR count). The zero-order valence-electron chi connectivity index (χ0n) is 9.86. The van der Waals surface area contributed by atoms with E-state index in [2.05, 4.69) is 50.3 Å². The topological polar surface area (TPSA) is 9.23 Å². The molecule has 1 aliphatic rings. The van der Waals surface area contributed by atoms with Crippen molar-refractivity contribution < 1.29 is 4.74 Å². The first-order valence-electron chi connectivity index (χ1n) is 5.79. The van der Waals surface area contributed by atoms with E-state index < -0.39 is 8.07 Å². The summed E-state index contributed by atoms with van der Waals surface area (Å²) in [6.07, 6.45) is 1.70. The smallest absolute Gasteiger partial charge is 0.0863 e. The minimum atomic E-state index is -1.33. The van der Waals surface area contributed by atoms with Gasteiger partial charge in [0, 0.05) is 6.61 Å². The largest absolute Gasteiger partial charge is 0.379 e. The van der Waals surface area contributed by atoms with E-state index in [4.69, 9.17) is 4.74 Å². The fourth-order valence-electron chi connectivity index (χ4n) is 2.76. The van der Waals surface area contributed by atoms with Gasteiger partial charge in [0.1, 0.15) is 0 Å². The molecule has 0 N–H and O–H groups in total. The van der Waals surface area contributed by atoms with E-state index >= 15 is 0 Å². The monoisotopic (exact) mass is 220 g/mol. The highest BCUT2D eigenvalue weighted by atomic mass is 28.3. The summed E-state index contributed by atoms with van der Waals surface area (Å²) < 4.78 is 5.71. The Morgan fingerprint density at radius 3 is 2.40 bits per heavy atom. The van der Waals surface area contributed by atoms with E-state index in [1.165, 1.54) is 6.42 Å². The Bertz CT molecular complexity index is 321. The lowest BCUT2D eigenvalue weighted by Gasteiger charge is -2.32. The van der Waals surface area contributed by atoms with Gasteiger partial charge >= 0.3 is 0 Å². The molecule has 15 heavy (non-hydrogen) atoms. The van der Waals surface area contributed by atoms with E-state index in [0.29, 0.717) is 6.10 Å². The number of benzene rings is 1. The fourth-order valence-corrected chi connectivity index (χ4v) is 6.35. The molecule has 0 radical (unpaired) electrons. The molecule has 1 saturated heterocycles. The van der Waals surface area contributed by atoms with Gasteiger partial charge in [0.15, 0.2) is 0 Å². The van der Waals surface area contributed by atoms with Gasteiger partial charge in [0.25, 0.3) is 0 Å². The molecule has 0 spiro atoms. The predicted molar refractivity (Wildman–Crippen MR) is 67.3 cm³/mol. The van der Waals surface area contributed by atoms with Crippen molar-refractivity contribution in [2.75, 3.05) is 6.61 Å². The summed E-state index contributed by atoms with van der Waals surface area (Å²) in [7, 11) is -1.33. The van der Waals surface area contributed by atoms with Gasteiger partial charge in [-0.25, -0.2) is 0 Å². The second-order valence-electron chi connectivity index (χ2n) is 5.06. The Labute approximate surface area is 93.5 Å². The van der Waals surface area contributed by atoms with Crippen molar-refractivity contribution in [3.8, 4) is 0 Å². The zero-order valence-corrected chi connectivity index (χ0v) is 10.9. The summed E-state index contributed by atoms with van der Waals surface area (Å²) in [5.41, 5.74) is 0.778. The van der Waals surface area contributed by atoms with Crippen molar-refractivity contribution in [3.05, 3.63) is 30.3 Å². The number of hydrogen-bond donors (Lipinski definition) is 0. The van der Waals surface area contributed by atoms with Gasteiger partial charge in [-0.1, -0.05) is 48.6 Å². The molecular weight excluding hydrogens is 200 g/mol. The van der Waals surface area contributed by atoms with Gasteiger partial charge in [-0.3, -0.25) is 0 Å². The molecule has 1 aliphatic heterocycles. The summed E-state index contributed by atoms with van der Waals surface area (Å²) in [4.78, 5) is 0. The quantitative estimate of drug-likeness (QED) is 0.696. The van der Waals surface area contributed by atoms with Gasteiger partial charge in [-0.2, -0.15) is 0 Å².